The minimum atomic E-state index is -0.0174. The van der Waals surface area contributed by atoms with E-state index in [1.54, 1.807) is 7.11 Å². The highest BCUT2D eigenvalue weighted by Crippen LogP contribution is 2.39. The summed E-state index contributed by atoms with van der Waals surface area (Å²) in [6, 6.07) is 8.55. The Morgan fingerprint density at radius 2 is 2.09 bits per heavy atom. The van der Waals surface area contributed by atoms with E-state index in [1.165, 1.54) is 22.2 Å². The lowest BCUT2D eigenvalue weighted by molar-refractivity contribution is -0.137. The molecule has 1 saturated heterocycles. The molecule has 1 aromatic carbocycles. The summed E-state index contributed by atoms with van der Waals surface area (Å²) in [5, 5.41) is 5.09. The van der Waals surface area contributed by atoms with Gasteiger partial charge in [-0.1, -0.05) is 18.2 Å². The molecule has 1 amide bonds. The minimum Gasteiger partial charge on any atom is -0.375 e. The highest BCUT2D eigenvalue weighted by atomic mass is 16.5. The number of methoxy groups -OCH3 is 1. The maximum absolute atomic E-state index is 12.0. The van der Waals surface area contributed by atoms with E-state index in [1.807, 2.05) is 4.90 Å². The van der Waals surface area contributed by atoms with E-state index in [0.29, 0.717) is 0 Å². The lowest BCUT2D eigenvalue weighted by Crippen LogP contribution is -2.55. The van der Waals surface area contributed by atoms with Crippen LogP contribution in [-0.2, 0) is 21.5 Å². The van der Waals surface area contributed by atoms with Gasteiger partial charge in [0, 0.05) is 43.3 Å². The number of carbonyl (C=O) groups is 1. The molecule has 4 rings (SSSR count). The van der Waals surface area contributed by atoms with Crippen molar-refractivity contribution in [2.24, 2.45) is 0 Å². The number of benzene rings is 1. The number of hydrogen-bond donors (Lipinski definition) is 2. The number of aromatic nitrogens is 1. The Balaban J connectivity index is 1.63. The van der Waals surface area contributed by atoms with Gasteiger partial charge in [0.25, 0.3) is 0 Å². The molecule has 0 unspecified atom stereocenters. The smallest absolute Gasteiger partial charge is 0.248 e. The second kappa shape index (κ2) is 5.65. The average molecular weight is 313 g/mol. The molecule has 0 aliphatic carbocycles. The molecule has 2 N–H and O–H groups in total. The third kappa shape index (κ3) is 2.35. The average Bonchev–Trinajstić information content (AvgIpc) is 2.96. The number of para-hydroxylation sites is 1. The highest BCUT2D eigenvalue weighted by molar-refractivity contribution is 5.85. The van der Waals surface area contributed by atoms with Crippen LogP contribution in [0.25, 0.3) is 10.9 Å². The SMILES string of the molecule is COCC(=O)N1CCC2(CC1)NCCc1c2[nH]c2ccccc12. The molecule has 5 heteroatoms. The van der Waals surface area contributed by atoms with Crippen molar-refractivity contribution in [3.05, 3.63) is 35.5 Å². The monoisotopic (exact) mass is 313 g/mol. The first-order valence-electron chi connectivity index (χ1n) is 8.35. The van der Waals surface area contributed by atoms with Crippen LogP contribution in [0.1, 0.15) is 24.1 Å². The maximum atomic E-state index is 12.0. The van der Waals surface area contributed by atoms with Gasteiger partial charge in [0.05, 0.1) is 5.54 Å². The van der Waals surface area contributed by atoms with E-state index in [4.69, 9.17) is 4.74 Å². The van der Waals surface area contributed by atoms with Crippen LogP contribution in [0.2, 0.25) is 0 Å². The molecule has 23 heavy (non-hydrogen) atoms. The first-order chi connectivity index (χ1) is 11.2. The van der Waals surface area contributed by atoms with Crippen LogP contribution in [-0.4, -0.2) is 49.1 Å². The van der Waals surface area contributed by atoms with Crippen LogP contribution in [0.3, 0.4) is 0 Å². The van der Waals surface area contributed by atoms with Gasteiger partial charge < -0.3 is 19.9 Å². The van der Waals surface area contributed by atoms with Crippen molar-refractivity contribution in [2.75, 3.05) is 33.4 Å². The zero-order valence-corrected chi connectivity index (χ0v) is 13.5. The molecule has 1 aromatic heterocycles. The molecule has 1 fully saturated rings. The molecule has 5 nitrogen and oxygen atoms in total. The van der Waals surface area contributed by atoms with Crippen LogP contribution in [0.4, 0.5) is 0 Å². The zero-order chi connectivity index (χ0) is 15.9. The molecule has 0 radical (unpaired) electrons. The van der Waals surface area contributed by atoms with Gasteiger partial charge in [-0.15, -0.1) is 0 Å². The van der Waals surface area contributed by atoms with E-state index in [9.17, 15) is 4.79 Å². The fourth-order valence-electron chi connectivity index (χ4n) is 4.16. The topological polar surface area (TPSA) is 57.4 Å². The summed E-state index contributed by atoms with van der Waals surface area (Å²) < 4.78 is 4.98. The van der Waals surface area contributed by atoms with E-state index < -0.39 is 0 Å². The van der Waals surface area contributed by atoms with E-state index in [2.05, 4.69) is 34.6 Å². The first-order valence-corrected chi connectivity index (χ1v) is 8.35. The van der Waals surface area contributed by atoms with Crippen molar-refractivity contribution in [2.45, 2.75) is 24.8 Å². The van der Waals surface area contributed by atoms with Crippen molar-refractivity contribution in [1.82, 2.24) is 15.2 Å². The quantitative estimate of drug-likeness (QED) is 0.888. The second-order valence-electron chi connectivity index (χ2n) is 6.60. The van der Waals surface area contributed by atoms with Gasteiger partial charge >= 0.3 is 0 Å². The molecule has 2 aromatic rings. The summed E-state index contributed by atoms with van der Waals surface area (Å²) in [4.78, 5) is 17.6. The van der Waals surface area contributed by atoms with Crippen LogP contribution in [0.5, 0.6) is 0 Å². The molecule has 2 aliphatic heterocycles. The summed E-state index contributed by atoms with van der Waals surface area (Å²) in [6.07, 6.45) is 2.96. The first kappa shape index (κ1) is 14.7. The predicted octanol–water partition coefficient (Wildman–Crippen LogP) is 1.78. The minimum absolute atomic E-state index is 0.0174. The van der Waals surface area contributed by atoms with E-state index in [-0.39, 0.29) is 18.1 Å². The van der Waals surface area contributed by atoms with Gasteiger partial charge in [0.1, 0.15) is 6.61 Å². The molecule has 122 valence electrons. The van der Waals surface area contributed by atoms with Crippen LogP contribution < -0.4 is 5.32 Å². The van der Waals surface area contributed by atoms with E-state index >= 15 is 0 Å². The summed E-state index contributed by atoms with van der Waals surface area (Å²) in [7, 11) is 1.57. The standard InChI is InChI=1S/C18H23N3O2/c1-23-12-16(22)21-10-7-18(8-11-21)17-14(6-9-19-18)13-4-2-3-5-15(13)20-17/h2-5,19-20H,6-12H2,1H3. The van der Waals surface area contributed by atoms with Crippen LogP contribution in [0.15, 0.2) is 24.3 Å². The van der Waals surface area contributed by atoms with Gasteiger partial charge in [0.2, 0.25) is 5.91 Å². The molecule has 0 atom stereocenters. The van der Waals surface area contributed by atoms with Crippen LogP contribution >= 0.6 is 0 Å². The van der Waals surface area contributed by atoms with Crippen molar-refractivity contribution < 1.29 is 9.53 Å². The molecular formula is C18H23N3O2. The molecule has 0 bridgehead atoms. The fraction of sp³-hybridized carbons (Fsp3) is 0.500. The van der Waals surface area contributed by atoms with Crippen molar-refractivity contribution in [3.63, 3.8) is 0 Å². The number of ether oxygens (including phenoxy) is 1. The third-order valence-electron chi connectivity index (χ3n) is 5.37. The summed E-state index contributed by atoms with van der Waals surface area (Å²) in [5.74, 6) is 0.0926. The van der Waals surface area contributed by atoms with Crippen LogP contribution in [0, 0.1) is 0 Å². The Labute approximate surface area is 136 Å². The number of H-pyrrole nitrogens is 1. The Hall–Kier alpha value is -1.85. The number of nitrogens with one attached hydrogen (secondary N) is 2. The summed E-state index contributed by atoms with van der Waals surface area (Å²) in [6.45, 7) is 2.74. The number of fused-ring (bicyclic) bond motifs is 4. The van der Waals surface area contributed by atoms with Gasteiger partial charge in [-0.05, 0) is 30.9 Å². The van der Waals surface area contributed by atoms with Crippen molar-refractivity contribution in [3.8, 4) is 0 Å². The predicted molar refractivity (Wildman–Crippen MR) is 89.4 cm³/mol. The fourth-order valence-corrected chi connectivity index (χ4v) is 4.16. The van der Waals surface area contributed by atoms with Gasteiger partial charge in [-0.25, -0.2) is 0 Å². The number of likely N-dealkylation sites (tertiary alicyclic amines) is 1. The Bertz CT molecular complexity index is 729. The number of nitrogens with zero attached hydrogens (tertiary/aromatic N) is 1. The lowest BCUT2D eigenvalue weighted by Gasteiger charge is -2.44. The van der Waals surface area contributed by atoms with Gasteiger partial charge in [0.15, 0.2) is 0 Å². The maximum Gasteiger partial charge on any atom is 0.248 e. The number of amides is 1. The number of aromatic amines is 1. The Morgan fingerprint density at radius 1 is 1.30 bits per heavy atom. The number of rotatable bonds is 2. The van der Waals surface area contributed by atoms with Crippen molar-refractivity contribution >= 4 is 16.8 Å². The number of carbonyl (C=O) groups excluding carboxylic acids is 1. The third-order valence-corrected chi connectivity index (χ3v) is 5.37. The molecule has 1 spiro atoms. The zero-order valence-electron chi connectivity index (χ0n) is 13.5. The number of hydrogen-bond acceptors (Lipinski definition) is 3. The lowest BCUT2D eigenvalue weighted by atomic mass is 9.79. The highest BCUT2D eigenvalue weighted by Gasteiger charge is 2.41. The normalized spacial score (nSPS) is 20.0. The van der Waals surface area contributed by atoms with Crippen molar-refractivity contribution in [1.29, 1.82) is 0 Å². The molecule has 2 aliphatic rings. The Morgan fingerprint density at radius 3 is 2.87 bits per heavy atom. The van der Waals surface area contributed by atoms with Gasteiger partial charge in [-0.3, -0.25) is 4.79 Å². The summed E-state index contributed by atoms with van der Waals surface area (Å²) in [5.41, 5.74) is 3.99. The Kier molecular flexibility index (Phi) is 3.62. The number of piperidine rings is 1. The van der Waals surface area contributed by atoms with E-state index in [0.717, 1.165) is 38.9 Å². The molecule has 0 saturated carbocycles. The van der Waals surface area contributed by atoms with Gasteiger partial charge in [-0.2, -0.15) is 0 Å². The molecule has 3 heterocycles. The second-order valence-corrected chi connectivity index (χ2v) is 6.60. The molecular weight excluding hydrogens is 290 g/mol. The largest absolute Gasteiger partial charge is 0.375 e. The summed E-state index contributed by atoms with van der Waals surface area (Å²) >= 11 is 0.